The molecule has 1 aromatic carbocycles. The van der Waals surface area contributed by atoms with Gasteiger partial charge in [0.25, 0.3) is 0 Å². The fourth-order valence-corrected chi connectivity index (χ4v) is 3.40. The molecule has 0 aromatic heterocycles. The van der Waals surface area contributed by atoms with Gasteiger partial charge < -0.3 is 15.1 Å². The van der Waals surface area contributed by atoms with Gasteiger partial charge in [-0.05, 0) is 50.7 Å². The third-order valence-electron chi connectivity index (χ3n) is 4.78. The van der Waals surface area contributed by atoms with E-state index in [0.717, 1.165) is 40.5 Å². The molecule has 0 saturated carbocycles. The van der Waals surface area contributed by atoms with Crippen LogP contribution in [0.2, 0.25) is 5.02 Å². The lowest BCUT2D eigenvalue weighted by atomic mass is 10.0. The highest BCUT2D eigenvalue weighted by Gasteiger charge is 2.27. The van der Waals surface area contributed by atoms with Crippen molar-refractivity contribution in [1.29, 1.82) is 0 Å². The molecule has 122 valence electrons. The third-order valence-corrected chi connectivity index (χ3v) is 5.37. The molecule has 5 heteroatoms. The summed E-state index contributed by atoms with van der Waals surface area (Å²) in [6, 6.07) is 7.27. The maximum Gasteiger partial charge on any atom is 0.173 e. The maximum atomic E-state index is 6.07. The van der Waals surface area contributed by atoms with Crippen LogP contribution in [0, 0.1) is 6.92 Å². The van der Waals surface area contributed by atoms with Crippen LogP contribution in [-0.4, -0.2) is 42.2 Å². The largest absolute Gasteiger partial charge is 0.349 e. The number of benzene rings is 1. The second kappa shape index (κ2) is 7.62. The van der Waals surface area contributed by atoms with Crippen molar-refractivity contribution in [2.24, 2.45) is 0 Å². The van der Waals surface area contributed by atoms with Gasteiger partial charge in [0.2, 0.25) is 0 Å². The van der Waals surface area contributed by atoms with Crippen molar-refractivity contribution < 1.29 is 4.90 Å². The molecule has 0 spiro atoms. The summed E-state index contributed by atoms with van der Waals surface area (Å²) < 4.78 is 0. The first kappa shape index (κ1) is 17.5. The van der Waals surface area contributed by atoms with E-state index in [0.29, 0.717) is 6.04 Å². The monoisotopic (exact) mass is 340 g/mol. The first-order valence-corrected chi connectivity index (χ1v) is 8.82. The Balaban J connectivity index is 1.91. The predicted octanol–water partition coefficient (Wildman–Crippen LogP) is 2.73. The van der Waals surface area contributed by atoms with E-state index in [1.165, 1.54) is 12.8 Å². The van der Waals surface area contributed by atoms with Crippen LogP contribution >= 0.6 is 23.8 Å². The molecule has 22 heavy (non-hydrogen) atoms. The van der Waals surface area contributed by atoms with Crippen molar-refractivity contribution in [2.75, 3.05) is 25.5 Å². The first-order chi connectivity index (χ1) is 10.4. The van der Waals surface area contributed by atoms with Gasteiger partial charge in [0.1, 0.15) is 0 Å². The molecule has 0 amide bonds. The molecule has 1 unspecified atom stereocenters. The lowest BCUT2D eigenvalue weighted by molar-refractivity contribution is -0.928. The lowest BCUT2D eigenvalue weighted by Gasteiger charge is -2.37. The number of piperidine rings is 1. The normalized spacial score (nSPS) is 17.6. The van der Waals surface area contributed by atoms with E-state index in [4.69, 9.17) is 23.8 Å². The quantitative estimate of drug-likeness (QED) is 0.825. The summed E-state index contributed by atoms with van der Waals surface area (Å²) in [6.45, 7) is 8.69. The molecule has 2 N–H and O–H groups in total. The van der Waals surface area contributed by atoms with Crippen molar-refractivity contribution in [2.45, 2.75) is 45.7 Å². The lowest BCUT2D eigenvalue weighted by Crippen LogP contribution is -3.16. The number of hydrogen-bond acceptors (Lipinski definition) is 1. The second-order valence-corrected chi connectivity index (χ2v) is 7.37. The van der Waals surface area contributed by atoms with Crippen LogP contribution in [0.15, 0.2) is 18.2 Å². The van der Waals surface area contributed by atoms with Crippen LogP contribution < -0.4 is 10.2 Å². The van der Waals surface area contributed by atoms with Crippen molar-refractivity contribution in [3.05, 3.63) is 28.8 Å². The highest BCUT2D eigenvalue weighted by Crippen LogP contribution is 2.21. The average Bonchev–Trinajstić information content (AvgIpc) is 2.50. The maximum absolute atomic E-state index is 6.07. The fourth-order valence-electron chi connectivity index (χ4n) is 2.93. The molecule has 1 heterocycles. The minimum absolute atomic E-state index is 0.677. The Hall–Kier alpha value is -0.840. The highest BCUT2D eigenvalue weighted by molar-refractivity contribution is 7.80. The van der Waals surface area contributed by atoms with Crippen molar-refractivity contribution in [1.82, 2.24) is 4.90 Å². The van der Waals surface area contributed by atoms with E-state index >= 15 is 0 Å². The van der Waals surface area contributed by atoms with E-state index in [2.05, 4.69) is 38.0 Å². The molecular formula is C17H27ClN3S+. The SMILES string of the molecule is Cc1ccc(Cl)cc1NC(=S)N1CCC([NH+](C)C(C)C)CC1. The summed E-state index contributed by atoms with van der Waals surface area (Å²) in [5.41, 5.74) is 2.16. The summed E-state index contributed by atoms with van der Waals surface area (Å²) in [5.74, 6) is 0. The number of anilines is 1. The number of halogens is 1. The van der Waals surface area contributed by atoms with Crippen LogP contribution in [0.4, 0.5) is 5.69 Å². The molecule has 1 fully saturated rings. The number of nitrogens with one attached hydrogen (secondary N) is 2. The smallest absolute Gasteiger partial charge is 0.173 e. The van der Waals surface area contributed by atoms with Crippen LogP contribution in [0.3, 0.4) is 0 Å². The molecule has 1 saturated heterocycles. The van der Waals surface area contributed by atoms with Gasteiger partial charge in [-0.1, -0.05) is 17.7 Å². The van der Waals surface area contributed by atoms with Gasteiger partial charge in [0.15, 0.2) is 5.11 Å². The van der Waals surface area contributed by atoms with Crippen molar-refractivity contribution in [3.63, 3.8) is 0 Å². The topological polar surface area (TPSA) is 19.7 Å². The van der Waals surface area contributed by atoms with Gasteiger partial charge in [0, 0.05) is 36.6 Å². The van der Waals surface area contributed by atoms with Crippen LogP contribution in [-0.2, 0) is 0 Å². The Morgan fingerprint density at radius 2 is 2.00 bits per heavy atom. The zero-order valence-corrected chi connectivity index (χ0v) is 15.5. The van der Waals surface area contributed by atoms with Gasteiger partial charge in [-0.25, -0.2) is 0 Å². The van der Waals surface area contributed by atoms with Crippen LogP contribution in [0.1, 0.15) is 32.3 Å². The number of thiocarbonyl (C=S) groups is 1. The minimum Gasteiger partial charge on any atom is -0.349 e. The third kappa shape index (κ3) is 4.34. The summed E-state index contributed by atoms with van der Waals surface area (Å²) in [5, 5.41) is 4.90. The Morgan fingerprint density at radius 1 is 1.36 bits per heavy atom. The van der Waals surface area contributed by atoms with Crippen LogP contribution in [0.5, 0.6) is 0 Å². The van der Waals surface area contributed by atoms with Crippen LogP contribution in [0.25, 0.3) is 0 Å². The van der Waals surface area contributed by atoms with E-state index in [1.54, 1.807) is 4.90 Å². The molecule has 0 bridgehead atoms. The summed E-state index contributed by atoms with van der Waals surface area (Å²) in [7, 11) is 2.30. The van der Waals surface area contributed by atoms with Gasteiger partial charge in [0.05, 0.1) is 19.1 Å². The molecule has 3 nitrogen and oxygen atoms in total. The number of aryl methyl sites for hydroxylation is 1. The molecule has 1 atom stereocenters. The van der Waals surface area contributed by atoms with Gasteiger partial charge in [-0.2, -0.15) is 0 Å². The zero-order chi connectivity index (χ0) is 16.3. The Labute approximate surface area is 144 Å². The molecular weight excluding hydrogens is 314 g/mol. The second-order valence-electron chi connectivity index (χ2n) is 6.55. The van der Waals surface area contributed by atoms with E-state index < -0.39 is 0 Å². The van der Waals surface area contributed by atoms with Gasteiger partial charge >= 0.3 is 0 Å². The minimum atomic E-state index is 0.677. The van der Waals surface area contributed by atoms with Gasteiger partial charge in [-0.15, -0.1) is 0 Å². The van der Waals surface area contributed by atoms with E-state index in [9.17, 15) is 0 Å². The Morgan fingerprint density at radius 3 is 2.59 bits per heavy atom. The molecule has 1 aliphatic heterocycles. The number of quaternary nitrogens is 1. The molecule has 2 rings (SSSR count). The number of nitrogens with zero attached hydrogens (tertiary/aromatic N) is 1. The standard InChI is InChI=1S/C17H26ClN3S/c1-12(2)20(4)15-7-9-21(10-8-15)17(22)19-16-11-14(18)6-5-13(16)3/h5-6,11-12,15H,7-10H2,1-4H3,(H,19,22)/p+1. The number of hydrogen-bond donors (Lipinski definition) is 2. The average molecular weight is 341 g/mol. The first-order valence-electron chi connectivity index (χ1n) is 8.04. The Bertz CT molecular complexity index is 525. The van der Waals surface area contributed by atoms with E-state index in [1.807, 2.05) is 18.2 Å². The zero-order valence-electron chi connectivity index (χ0n) is 13.9. The van der Waals surface area contributed by atoms with Crippen molar-refractivity contribution in [3.8, 4) is 0 Å². The van der Waals surface area contributed by atoms with Gasteiger partial charge in [-0.3, -0.25) is 0 Å². The molecule has 1 aromatic rings. The molecule has 0 radical (unpaired) electrons. The number of rotatable bonds is 3. The summed E-state index contributed by atoms with van der Waals surface area (Å²) in [4.78, 5) is 3.91. The summed E-state index contributed by atoms with van der Waals surface area (Å²) >= 11 is 11.6. The Kier molecular flexibility index (Phi) is 6.07. The highest BCUT2D eigenvalue weighted by atomic mass is 35.5. The van der Waals surface area contributed by atoms with Crippen molar-refractivity contribution >= 4 is 34.6 Å². The number of likely N-dealkylation sites (tertiary alicyclic amines) is 1. The molecule has 1 aliphatic rings. The molecule has 0 aliphatic carbocycles. The fraction of sp³-hybridized carbons (Fsp3) is 0.588. The predicted molar refractivity (Wildman–Crippen MR) is 99.0 cm³/mol. The summed E-state index contributed by atoms with van der Waals surface area (Å²) in [6.07, 6.45) is 2.39. The van der Waals surface area contributed by atoms with E-state index in [-0.39, 0.29) is 0 Å².